The van der Waals surface area contributed by atoms with Crippen LogP contribution in [0.15, 0.2) is 18.0 Å². The molecule has 0 aliphatic carbocycles. The fourth-order valence-corrected chi connectivity index (χ4v) is 5.31. The molecule has 3 heterocycles. The van der Waals surface area contributed by atoms with Crippen molar-refractivity contribution in [3.8, 4) is 0 Å². The Balaban J connectivity index is 1.53. The van der Waals surface area contributed by atoms with E-state index in [-0.39, 0.29) is 30.2 Å². The van der Waals surface area contributed by atoms with Gasteiger partial charge in [-0.2, -0.15) is 0 Å². The molecular weight excluding hydrogens is 456 g/mol. The maximum atomic E-state index is 12.7. The summed E-state index contributed by atoms with van der Waals surface area (Å²) in [5, 5.41) is 4.52. The summed E-state index contributed by atoms with van der Waals surface area (Å²) in [6.45, 7) is 8.38. The summed E-state index contributed by atoms with van der Waals surface area (Å²) in [5.74, 6) is -1.41. The van der Waals surface area contributed by atoms with Crippen molar-refractivity contribution >= 4 is 52.0 Å². The third-order valence-corrected chi connectivity index (χ3v) is 7.40. The molecule has 174 valence electrons. The number of hydrogen-bond acceptors (Lipinski definition) is 10. The zero-order chi connectivity index (χ0) is 23.7. The van der Waals surface area contributed by atoms with Crippen LogP contribution in [0.3, 0.4) is 0 Å². The number of ether oxygens (including phenoxy) is 2. The number of carbonyl (C=O) groups excluding carboxylic acids is 4. The first-order valence-electron chi connectivity index (χ1n) is 9.86. The smallest absolute Gasteiger partial charge is 0.321 e. The highest BCUT2D eigenvalue weighted by molar-refractivity contribution is 8.00. The number of amides is 2. The Kier molecular flexibility index (Phi) is 6.84. The molecule has 2 aliphatic heterocycles. The Bertz CT molecular complexity index is 943. The van der Waals surface area contributed by atoms with E-state index < -0.39 is 35.6 Å². The van der Waals surface area contributed by atoms with E-state index >= 15 is 0 Å². The highest BCUT2D eigenvalue weighted by Gasteiger charge is 2.57. The first-order chi connectivity index (χ1) is 15.0. The molecule has 0 aromatic carbocycles. The maximum Gasteiger partial charge on any atom is 0.321 e. The summed E-state index contributed by atoms with van der Waals surface area (Å²) in [7, 11) is 0. The zero-order valence-corrected chi connectivity index (χ0v) is 19.7. The third-order valence-electron chi connectivity index (χ3n) is 5.12. The summed E-state index contributed by atoms with van der Waals surface area (Å²) >= 11 is 2.60. The monoisotopic (exact) mass is 482 g/mol. The van der Waals surface area contributed by atoms with Crippen molar-refractivity contribution in [1.29, 1.82) is 0 Å². The van der Waals surface area contributed by atoms with Crippen molar-refractivity contribution in [2.45, 2.75) is 38.6 Å². The average Bonchev–Trinajstić information content (AvgIpc) is 3.14. The molecule has 1 aromatic heterocycles. The summed E-state index contributed by atoms with van der Waals surface area (Å²) in [6.07, 6.45) is 1.49. The molecule has 2 unspecified atom stereocenters. The predicted octanol–water partition coefficient (Wildman–Crippen LogP) is 0.930. The van der Waals surface area contributed by atoms with E-state index in [2.05, 4.69) is 16.9 Å². The fourth-order valence-electron chi connectivity index (χ4n) is 3.21. The number of β-lactam (4-membered cyclic amide) rings is 1. The van der Waals surface area contributed by atoms with Crippen LogP contribution in [0.4, 0.5) is 5.13 Å². The molecule has 2 aliphatic rings. The van der Waals surface area contributed by atoms with Crippen LogP contribution in [0.25, 0.3) is 0 Å². The van der Waals surface area contributed by atoms with Gasteiger partial charge in [0.2, 0.25) is 18.6 Å². The summed E-state index contributed by atoms with van der Waals surface area (Å²) < 4.78 is 10.1. The van der Waals surface area contributed by atoms with Crippen LogP contribution in [0, 0.1) is 10.8 Å². The number of nitrogens with two attached hydrogens (primary N) is 1. The highest BCUT2D eigenvalue weighted by Crippen LogP contribution is 2.43. The molecule has 3 atom stereocenters. The van der Waals surface area contributed by atoms with Gasteiger partial charge in [0.05, 0.1) is 17.5 Å². The Morgan fingerprint density at radius 3 is 2.72 bits per heavy atom. The van der Waals surface area contributed by atoms with Crippen LogP contribution in [0.2, 0.25) is 0 Å². The number of carbonyl (C=O) groups is 4. The molecule has 3 rings (SSSR count). The number of nitrogens with zero attached hydrogens (tertiary/aromatic N) is 2. The lowest BCUT2D eigenvalue weighted by Crippen LogP contribution is -2.73. The second kappa shape index (κ2) is 9.10. The number of fused-ring (bicyclic) bond motifs is 1. The third kappa shape index (κ3) is 4.90. The topological polar surface area (TPSA) is 141 Å². The number of nitrogens with one attached hydrogen (secondary N) is 1. The Morgan fingerprint density at radius 2 is 2.12 bits per heavy atom. The summed E-state index contributed by atoms with van der Waals surface area (Å²) in [4.78, 5) is 55.0. The molecule has 0 radical (unpaired) electrons. The minimum absolute atomic E-state index is 0.0328. The number of thiazole rings is 1. The number of thioether (sulfide) groups is 1. The van der Waals surface area contributed by atoms with Gasteiger partial charge in [0, 0.05) is 17.7 Å². The molecule has 12 heteroatoms. The second-order valence-electron chi connectivity index (χ2n) is 8.66. The lowest BCUT2D eigenvalue weighted by Gasteiger charge is -2.53. The van der Waals surface area contributed by atoms with Gasteiger partial charge in [-0.05, 0) is 20.8 Å². The molecule has 2 fully saturated rings. The van der Waals surface area contributed by atoms with Gasteiger partial charge in [-0.15, -0.1) is 29.7 Å². The molecule has 2 amide bonds. The molecule has 3 N–H and O–H groups in total. The number of hydrogen-bond donors (Lipinski definition) is 2. The minimum atomic E-state index is -1.13. The van der Waals surface area contributed by atoms with Crippen molar-refractivity contribution in [3.63, 3.8) is 0 Å². The standard InChI is InChI=1S/C20H26N4O6S2/c1-5-20(17(28)30-10-29-16(27)19(2,3)4)8-24-14(26)13(15(24)32-9-20)23-12(25)6-11-7-31-18(21)22-11/h5,7,13,15H,1,6,8-10H2,2-4H3,(H2,21,22)(H,23,25)/t13?,15-,20?/m1/s1. The Labute approximate surface area is 193 Å². The van der Waals surface area contributed by atoms with Crippen molar-refractivity contribution < 1.29 is 28.7 Å². The number of esters is 2. The molecule has 32 heavy (non-hydrogen) atoms. The Hall–Kier alpha value is -2.60. The van der Waals surface area contributed by atoms with Crippen molar-refractivity contribution in [3.05, 3.63) is 23.7 Å². The van der Waals surface area contributed by atoms with E-state index in [1.165, 1.54) is 34.1 Å². The van der Waals surface area contributed by atoms with Crippen LogP contribution in [0.5, 0.6) is 0 Å². The van der Waals surface area contributed by atoms with E-state index in [1.807, 2.05) is 0 Å². The van der Waals surface area contributed by atoms with Gasteiger partial charge in [0.1, 0.15) is 16.8 Å². The largest absolute Gasteiger partial charge is 0.427 e. The van der Waals surface area contributed by atoms with Crippen LogP contribution < -0.4 is 11.1 Å². The first-order valence-corrected chi connectivity index (χ1v) is 11.8. The van der Waals surface area contributed by atoms with Gasteiger partial charge >= 0.3 is 11.9 Å². The minimum Gasteiger partial charge on any atom is -0.427 e. The van der Waals surface area contributed by atoms with E-state index in [4.69, 9.17) is 15.2 Å². The molecule has 0 bridgehead atoms. The van der Waals surface area contributed by atoms with Gasteiger partial charge in [0.15, 0.2) is 5.13 Å². The number of rotatable bonds is 7. The Morgan fingerprint density at radius 1 is 1.41 bits per heavy atom. The van der Waals surface area contributed by atoms with Crippen molar-refractivity contribution in [1.82, 2.24) is 15.2 Å². The molecule has 0 saturated carbocycles. The highest BCUT2D eigenvalue weighted by atomic mass is 32.2. The van der Waals surface area contributed by atoms with Gasteiger partial charge in [-0.1, -0.05) is 6.08 Å². The predicted molar refractivity (Wildman–Crippen MR) is 119 cm³/mol. The average molecular weight is 483 g/mol. The van der Waals surface area contributed by atoms with E-state index in [0.29, 0.717) is 16.6 Å². The normalized spacial score (nSPS) is 24.7. The van der Waals surface area contributed by atoms with Crippen LogP contribution in [-0.2, 0) is 35.1 Å². The van der Waals surface area contributed by atoms with Gasteiger partial charge in [0.25, 0.3) is 0 Å². The number of anilines is 1. The SMILES string of the molecule is C=CC1(C(=O)OCOC(=O)C(C)(C)C)CS[C@@H]2C(NC(=O)Cc3csc(N)n3)C(=O)N2C1. The van der Waals surface area contributed by atoms with E-state index in [1.54, 1.807) is 26.2 Å². The lowest BCUT2D eigenvalue weighted by atomic mass is 9.87. The van der Waals surface area contributed by atoms with E-state index in [0.717, 1.165) is 0 Å². The second-order valence-corrected chi connectivity index (χ2v) is 10.7. The number of aromatic nitrogens is 1. The van der Waals surface area contributed by atoms with Gasteiger partial charge in [-0.3, -0.25) is 19.2 Å². The van der Waals surface area contributed by atoms with Crippen molar-refractivity contribution in [2.75, 3.05) is 24.8 Å². The maximum absolute atomic E-state index is 12.7. The zero-order valence-electron chi connectivity index (χ0n) is 18.1. The first kappa shape index (κ1) is 24.1. The van der Waals surface area contributed by atoms with E-state index in [9.17, 15) is 19.2 Å². The van der Waals surface area contributed by atoms with Crippen molar-refractivity contribution in [2.24, 2.45) is 10.8 Å². The quantitative estimate of drug-likeness (QED) is 0.251. The molecule has 10 nitrogen and oxygen atoms in total. The van der Waals surface area contributed by atoms with Crippen LogP contribution >= 0.6 is 23.1 Å². The van der Waals surface area contributed by atoms with Gasteiger partial charge < -0.3 is 25.4 Å². The molecule has 2 saturated heterocycles. The number of nitrogen functional groups attached to an aromatic ring is 1. The molecule has 1 aromatic rings. The fraction of sp³-hybridized carbons (Fsp3) is 0.550. The summed E-state index contributed by atoms with van der Waals surface area (Å²) in [6, 6.07) is -0.671. The molecule has 0 spiro atoms. The van der Waals surface area contributed by atoms with Crippen LogP contribution in [-0.4, -0.2) is 64.1 Å². The van der Waals surface area contributed by atoms with Gasteiger partial charge in [-0.25, -0.2) is 4.98 Å². The summed E-state index contributed by atoms with van der Waals surface area (Å²) in [5.41, 5.74) is 4.27. The van der Waals surface area contributed by atoms with Crippen LogP contribution in [0.1, 0.15) is 26.5 Å². The lowest BCUT2D eigenvalue weighted by molar-refractivity contribution is -0.178. The molecular formula is C20H26N4O6S2.